The molecule has 0 aromatic rings. The molecular formula is C15H25N3. The Hall–Kier alpha value is -0.590. The second-order valence-electron chi connectivity index (χ2n) is 6.47. The summed E-state index contributed by atoms with van der Waals surface area (Å²) >= 11 is 0. The SMILES string of the molecule is N#CC(CN1CCCCCC1)(NC1CC1)C1CC1. The van der Waals surface area contributed by atoms with Gasteiger partial charge in [0.2, 0.25) is 0 Å². The van der Waals surface area contributed by atoms with Gasteiger partial charge in [0.25, 0.3) is 0 Å². The van der Waals surface area contributed by atoms with E-state index in [-0.39, 0.29) is 5.54 Å². The summed E-state index contributed by atoms with van der Waals surface area (Å²) in [5.41, 5.74) is -0.231. The molecule has 0 radical (unpaired) electrons. The zero-order valence-corrected chi connectivity index (χ0v) is 11.3. The minimum absolute atomic E-state index is 0.231. The minimum Gasteiger partial charge on any atom is -0.300 e. The molecule has 2 saturated carbocycles. The van der Waals surface area contributed by atoms with Crippen LogP contribution in [0.3, 0.4) is 0 Å². The van der Waals surface area contributed by atoms with Crippen molar-refractivity contribution in [1.29, 1.82) is 5.26 Å². The molecule has 3 fully saturated rings. The number of likely N-dealkylation sites (tertiary alicyclic amines) is 1. The zero-order chi connectivity index (χ0) is 12.4. The molecule has 1 saturated heterocycles. The van der Waals surface area contributed by atoms with Crippen LogP contribution in [0.15, 0.2) is 0 Å². The molecule has 3 rings (SSSR count). The lowest BCUT2D eigenvalue weighted by Crippen LogP contribution is -2.55. The zero-order valence-electron chi connectivity index (χ0n) is 11.3. The van der Waals surface area contributed by atoms with Crippen molar-refractivity contribution in [2.24, 2.45) is 5.92 Å². The average molecular weight is 247 g/mol. The van der Waals surface area contributed by atoms with E-state index in [2.05, 4.69) is 16.3 Å². The fourth-order valence-corrected chi connectivity index (χ4v) is 3.27. The van der Waals surface area contributed by atoms with Crippen molar-refractivity contribution in [2.45, 2.75) is 62.9 Å². The van der Waals surface area contributed by atoms with E-state index >= 15 is 0 Å². The van der Waals surface area contributed by atoms with Crippen LogP contribution >= 0.6 is 0 Å². The van der Waals surface area contributed by atoms with Gasteiger partial charge in [-0.3, -0.25) is 5.32 Å². The van der Waals surface area contributed by atoms with Gasteiger partial charge in [-0.15, -0.1) is 0 Å². The van der Waals surface area contributed by atoms with Crippen LogP contribution in [0, 0.1) is 17.2 Å². The number of nitriles is 1. The Morgan fingerprint density at radius 1 is 1.06 bits per heavy atom. The van der Waals surface area contributed by atoms with E-state index in [1.807, 2.05) is 0 Å². The molecule has 1 heterocycles. The fourth-order valence-electron chi connectivity index (χ4n) is 3.27. The monoisotopic (exact) mass is 247 g/mol. The minimum atomic E-state index is -0.231. The number of nitrogens with zero attached hydrogens (tertiary/aromatic N) is 2. The summed E-state index contributed by atoms with van der Waals surface area (Å²) in [7, 11) is 0. The van der Waals surface area contributed by atoms with Gasteiger partial charge < -0.3 is 4.90 Å². The van der Waals surface area contributed by atoms with Crippen LogP contribution in [0.1, 0.15) is 51.4 Å². The highest BCUT2D eigenvalue weighted by Crippen LogP contribution is 2.42. The Labute approximate surface area is 111 Å². The molecule has 0 aromatic carbocycles. The Morgan fingerprint density at radius 3 is 2.22 bits per heavy atom. The summed E-state index contributed by atoms with van der Waals surface area (Å²) in [6, 6.07) is 3.30. The normalized spacial score (nSPS) is 29.3. The van der Waals surface area contributed by atoms with Gasteiger partial charge in [-0.1, -0.05) is 12.8 Å². The van der Waals surface area contributed by atoms with Crippen molar-refractivity contribution in [1.82, 2.24) is 10.2 Å². The molecule has 1 N–H and O–H groups in total. The predicted octanol–water partition coefficient (Wildman–Crippen LogP) is 2.29. The maximum Gasteiger partial charge on any atom is 0.122 e. The molecule has 0 amide bonds. The lowest BCUT2D eigenvalue weighted by atomic mass is 9.93. The first kappa shape index (κ1) is 12.4. The van der Waals surface area contributed by atoms with Crippen LogP contribution in [0.25, 0.3) is 0 Å². The van der Waals surface area contributed by atoms with Crippen LogP contribution in [-0.4, -0.2) is 36.1 Å². The third-order valence-electron chi connectivity index (χ3n) is 4.68. The third kappa shape index (κ3) is 2.87. The molecule has 3 aliphatic rings. The Morgan fingerprint density at radius 2 is 1.72 bits per heavy atom. The Balaban J connectivity index is 1.65. The van der Waals surface area contributed by atoms with E-state index in [0.717, 1.165) is 6.54 Å². The summed E-state index contributed by atoms with van der Waals surface area (Å²) in [6.45, 7) is 3.36. The van der Waals surface area contributed by atoms with Gasteiger partial charge in [0.15, 0.2) is 0 Å². The molecule has 0 aromatic heterocycles. The highest BCUT2D eigenvalue weighted by atomic mass is 15.2. The standard InChI is InChI=1S/C15H25N3/c16-11-15(13-5-6-13,17-14-7-8-14)12-18-9-3-1-2-4-10-18/h13-14,17H,1-10,12H2. The van der Waals surface area contributed by atoms with Gasteiger partial charge in [0.05, 0.1) is 6.07 Å². The first-order valence-electron chi connectivity index (χ1n) is 7.74. The van der Waals surface area contributed by atoms with Gasteiger partial charge >= 0.3 is 0 Å². The van der Waals surface area contributed by atoms with Crippen molar-refractivity contribution in [3.8, 4) is 6.07 Å². The summed E-state index contributed by atoms with van der Waals surface area (Å²) in [5, 5.41) is 13.4. The van der Waals surface area contributed by atoms with Crippen molar-refractivity contribution >= 4 is 0 Å². The van der Waals surface area contributed by atoms with Crippen molar-refractivity contribution in [3.05, 3.63) is 0 Å². The summed E-state index contributed by atoms with van der Waals surface area (Å²) in [5.74, 6) is 0.617. The van der Waals surface area contributed by atoms with E-state index in [1.54, 1.807) is 0 Å². The van der Waals surface area contributed by atoms with Crippen molar-refractivity contribution in [2.75, 3.05) is 19.6 Å². The molecular weight excluding hydrogens is 222 g/mol. The largest absolute Gasteiger partial charge is 0.300 e. The molecule has 2 aliphatic carbocycles. The lowest BCUT2D eigenvalue weighted by molar-refractivity contribution is 0.199. The van der Waals surface area contributed by atoms with Crippen molar-refractivity contribution < 1.29 is 0 Å². The maximum absolute atomic E-state index is 9.73. The smallest absolute Gasteiger partial charge is 0.122 e. The molecule has 3 heteroatoms. The van der Waals surface area contributed by atoms with Crippen LogP contribution < -0.4 is 5.32 Å². The van der Waals surface area contributed by atoms with Crippen LogP contribution in [-0.2, 0) is 0 Å². The molecule has 1 atom stereocenters. The van der Waals surface area contributed by atoms with E-state index < -0.39 is 0 Å². The number of hydrogen-bond donors (Lipinski definition) is 1. The van der Waals surface area contributed by atoms with Crippen LogP contribution in [0.4, 0.5) is 0 Å². The van der Waals surface area contributed by atoms with E-state index in [4.69, 9.17) is 0 Å². The average Bonchev–Trinajstić information content (AvgIpc) is 3.21. The molecule has 1 unspecified atom stereocenters. The van der Waals surface area contributed by atoms with Crippen LogP contribution in [0.5, 0.6) is 0 Å². The molecule has 0 bridgehead atoms. The summed E-state index contributed by atoms with van der Waals surface area (Å²) < 4.78 is 0. The van der Waals surface area contributed by atoms with E-state index in [1.165, 1.54) is 64.5 Å². The van der Waals surface area contributed by atoms with Gasteiger partial charge in [-0.05, 0) is 57.5 Å². The summed E-state index contributed by atoms with van der Waals surface area (Å²) in [6.07, 6.45) is 10.4. The van der Waals surface area contributed by atoms with Gasteiger partial charge in [0.1, 0.15) is 5.54 Å². The van der Waals surface area contributed by atoms with Gasteiger partial charge in [0, 0.05) is 12.6 Å². The Kier molecular flexibility index (Phi) is 3.59. The van der Waals surface area contributed by atoms with Crippen LogP contribution in [0.2, 0.25) is 0 Å². The maximum atomic E-state index is 9.73. The second-order valence-corrected chi connectivity index (χ2v) is 6.47. The molecule has 0 spiro atoms. The lowest BCUT2D eigenvalue weighted by Gasteiger charge is -2.34. The molecule has 1 aliphatic heterocycles. The first-order chi connectivity index (χ1) is 8.82. The fraction of sp³-hybridized carbons (Fsp3) is 0.933. The highest BCUT2D eigenvalue weighted by molar-refractivity contribution is 5.18. The van der Waals surface area contributed by atoms with Gasteiger partial charge in [-0.25, -0.2) is 0 Å². The second kappa shape index (κ2) is 5.19. The highest BCUT2D eigenvalue weighted by Gasteiger charge is 2.48. The number of hydrogen-bond acceptors (Lipinski definition) is 3. The molecule has 100 valence electrons. The quantitative estimate of drug-likeness (QED) is 0.810. The number of nitrogens with one attached hydrogen (secondary N) is 1. The Bertz CT molecular complexity index is 319. The van der Waals surface area contributed by atoms with Gasteiger partial charge in [-0.2, -0.15) is 5.26 Å². The van der Waals surface area contributed by atoms with Crippen molar-refractivity contribution in [3.63, 3.8) is 0 Å². The first-order valence-corrected chi connectivity index (χ1v) is 7.74. The number of rotatable bonds is 5. The van der Waals surface area contributed by atoms with E-state index in [0.29, 0.717) is 12.0 Å². The molecule has 18 heavy (non-hydrogen) atoms. The van der Waals surface area contributed by atoms with E-state index in [9.17, 15) is 5.26 Å². The predicted molar refractivity (Wildman–Crippen MR) is 72.1 cm³/mol. The molecule has 3 nitrogen and oxygen atoms in total. The topological polar surface area (TPSA) is 39.1 Å². The summed E-state index contributed by atoms with van der Waals surface area (Å²) in [4.78, 5) is 2.55. The third-order valence-corrected chi connectivity index (χ3v) is 4.68.